The first kappa shape index (κ1) is 15.9. The van der Waals surface area contributed by atoms with Crippen LogP contribution in [-0.2, 0) is 0 Å². The summed E-state index contributed by atoms with van der Waals surface area (Å²) in [5.41, 5.74) is 0.831. The molecule has 4 heteroatoms. The second kappa shape index (κ2) is 7.48. The molecule has 2 aromatic carbocycles. The van der Waals surface area contributed by atoms with Crippen molar-refractivity contribution in [1.29, 1.82) is 0 Å². The first-order valence-corrected chi connectivity index (χ1v) is 7.78. The van der Waals surface area contributed by atoms with Crippen molar-refractivity contribution >= 4 is 15.9 Å². The fourth-order valence-electron chi connectivity index (χ4n) is 1.90. The molecule has 0 aliphatic heterocycles. The van der Waals surface area contributed by atoms with Gasteiger partial charge in [0.15, 0.2) is 11.5 Å². The van der Waals surface area contributed by atoms with E-state index in [1.165, 1.54) is 0 Å². The summed E-state index contributed by atoms with van der Waals surface area (Å²) in [5.74, 6) is 2.11. The van der Waals surface area contributed by atoms with Crippen molar-refractivity contribution in [2.24, 2.45) is 0 Å². The average Bonchev–Trinajstić information content (AvgIpc) is 2.46. The summed E-state index contributed by atoms with van der Waals surface area (Å²) >= 11 is 3.45. The van der Waals surface area contributed by atoms with Gasteiger partial charge in [-0.15, -0.1) is 0 Å². The molecular weight excluding hydrogens is 332 g/mol. The first-order valence-electron chi connectivity index (χ1n) is 6.99. The number of hydrogen-bond donors (Lipinski definition) is 1. The molecule has 0 spiro atoms. The number of rotatable bonds is 6. The summed E-state index contributed by atoms with van der Waals surface area (Å²) in [6.45, 7) is 4.45. The van der Waals surface area contributed by atoms with Gasteiger partial charge < -0.3 is 14.6 Å². The Morgan fingerprint density at radius 3 is 2.48 bits per heavy atom. The molecule has 0 saturated carbocycles. The Morgan fingerprint density at radius 1 is 1.14 bits per heavy atom. The van der Waals surface area contributed by atoms with Crippen molar-refractivity contribution in [2.75, 3.05) is 6.61 Å². The van der Waals surface area contributed by atoms with Gasteiger partial charge in [-0.2, -0.15) is 0 Å². The summed E-state index contributed by atoms with van der Waals surface area (Å²) in [6.07, 6.45) is 0.428. The maximum Gasteiger partial charge on any atom is 0.169 e. The molecule has 0 saturated heterocycles. The van der Waals surface area contributed by atoms with E-state index in [9.17, 15) is 5.11 Å². The van der Waals surface area contributed by atoms with E-state index in [0.29, 0.717) is 18.1 Å². The van der Waals surface area contributed by atoms with E-state index in [1.54, 1.807) is 6.92 Å². The van der Waals surface area contributed by atoms with Gasteiger partial charge in [-0.05, 0) is 43.2 Å². The van der Waals surface area contributed by atoms with Crippen LogP contribution in [0.1, 0.15) is 31.9 Å². The van der Waals surface area contributed by atoms with Crippen molar-refractivity contribution in [1.82, 2.24) is 0 Å². The van der Waals surface area contributed by atoms with Crippen LogP contribution < -0.4 is 9.47 Å². The second-order valence-corrected chi connectivity index (χ2v) is 5.61. The van der Waals surface area contributed by atoms with Crippen LogP contribution in [0.15, 0.2) is 46.9 Å². The van der Waals surface area contributed by atoms with Gasteiger partial charge in [-0.3, -0.25) is 0 Å². The van der Waals surface area contributed by atoms with Gasteiger partial charge in [-0.1, -0.05) is 41.1 Å². The number of halogens is 1. The third-order valence-corrected chi connectivity index (χ3v) is 3.65. The van der Waals surface area contributed by atoms with Crippen LogP contribution in [0.5, 0.6) is 17.2 Å². The predicted octanol–water partition coefficient (Wildman–Crippen LogP) is 5.08. The Balaban J connectivity index is 2.20. The van der Waals surface area contributed by atoms with Crippen LogP contribution >= 0.6 is 15.9 Å². The molecule has 0 aromatic heterocycles. The zero-order chi connectivity index (χ0) is 15.2. The maximum atomic E-state index is 9.64. The Hall–Kier alpha value is -1.52. The molecule has 1 atom stereocenters. The molecule has 0 fully saturated rings. The smallest absolute Gasteiger partial charge is 0.169 e. The number of hydrogen-bond acceptors (Lipinski definition) is 3. The largest absolute Gasteiger partial charge is 0.490 e. The van der Waals surface area contributed by atoms with E-state index >= 15 is 0 Å². The molecule has 0 aliphatic carbocycles. The van der Waals surface area contributed by atoms with Crippen molar-refractivity contribution in [3.8, 4) is 17.2 Å². The SMILES string of the molecule is CCCOc1ccccc1Oc1ccc([C@H](C)O)c(Br)c1. The lowest BCUT2D eigenvalue weighted by Crippen LogP contribution is -1.97. The first-order chi connectivity index (χ1) is 10.1. The quantitative estimate of drug-likeness (QED) is 0.788. The van der Waals surface area contributed by atoms with Gasteiger partial charge >= 0.3 is 0 Å². The topological polar surface area (TPSA) is 38.7 Å². The lowest BCUT2D eigenvalue weighted by molar-refractivity contribution is 0.198. The molecular formula is C17H19BrO3. The van der Waals surface area contributed by atoms with Crippen LogP contribution in [0.2, 0.25) is 0 Å². The highest BCUT2D eigenvalue weighted by Crippen LogP contribution is 2.34. The van der Waals surface area contributed by atoms with Gasteiger partial charge in [-0.25, -0.2) is 0 Å². The minimum Gasteiger partial charge on any atom is -0.490 e. The molecule has 0 unspecified atom stereocenters. The monoisotopic (exact) mass is 350 g/mol. The Kier molecular flexibility index (Phi) is 5.65. The molecule has 112 valence electrons. The molecule has 0 amide bonds. The fraction of sp³-hybridized carbons (Fsp3) is 0.294. The predicted molar refractivity (Wildman–Crippen MR) is 87.1 cm³/mol. The Labute approximate surface area is 133 Å². The van der Waals surface area contributed by atoms with Crippen molar-refractivity contribution in [3.05, 3.63) is 52.5 Å². The standard InChI is InChI=1S/C17H19BrO3/c1-3-10-20-16-6-4-5-7-17(16)21-13-8-9-14(12(2)19)15(18)11-13/h4-9,11-12,19H,3,10H2,1-2H3/t12-/m0/s1. The highest BCUT2D eigenvalue weighted by Gasteiger charge is 2.09. The highest BCUT2D eigenvalue weighted by atomic mass is 79.9. The molecule has 0 bridgehead atoms. The number of aliphatic hydroxyl groups excluding tert-OH is 1. The van der Waals surface area contributed by atoms with Crippen molar-refractivity contribution in [2.45, 2.75) is 26.4 Å². The molecule has 0 heterocycles. The lowest BCUT2D eigenvalue weighted by Gasteiger charge is -2.13. The van der Waals surface area contributed by atoms with E-state index in [1.807, 2.05) is 42.5 Å². The minimum atomic E-state index is -0.520. The molecule has 21 heavy (non-hydrogen) atoms. The van der Waals surface area contributed by atoms with Gasteiger partial charge in [0.2, 0.25) is 0 Å². The van der Waals surface area contributed by atoms with E-state index in [0.717, 1.165) is 22.2 Å². The highest BCUT2D eigenvalue weighted by molar-refractivity contribution is 9.10. The Morgan fingerprint density at radius 2 is 1.86 bits per heavy atom. The Bertz CT molecular complexity index is 596. The molecule has 3 nitrogen and oxygen atoms in total. The minimum absolute atomic E-state index is 0.520. The van der Waals surface area contributed by atoms with Crippen LogP contribution in [0.3, 0.4) is 0 Å². The summed E-state index contributed by atoms with van der Waals surface area (Å²) in [4.78, 5) is 0. The maximum absolute atomic E-state index is 9.64. The van der Waals surface area contributed by atoms with Gasteiger partial charge in [0.1, 0.15) is 5.75 Å². The molecule has 0 aliphatic rings. The van der Waals surface area contributed by atoms with E-state index in [2.05, 4.69) is 22.9 Å². The number of para-hydroxylation sites is 2. The number of aliphatic hydroxyl groups is 1. The zero-order valence-corrected chi connectivity index (χ0v) is 13.8. The molecule has 2 aromatic rings. The lowest BCUT2D eigenvalue weighted by atomic mass is 10.1. The van der Waals surface area contributed by atoms with Gasteiger partial charge in [0, 0.05) is 4.47 Å². The van der Waals surface area contributed by atoms with Crippen molar-refractivity contribution < 1.29 is 14.6 Å². The van der Waals surface area contributed by atoms with E-state index in [4.69, 9.17) is 9.47 Å². The fourth-order valence-corrected chi connectivity index (χ4v) is 2.59. The van der Waals surface area contributed by atoms with Crippen LogP contribution in [-0.4, -0.2) is 11.7 Å². The van der Waals surface area contributed by atoms with E-state index in [-0.39, 0.29) is 0 Å². The molecule has 2 rings (SSSR count). The second-order valence-electron chi connectivity index (χ2n) is 4.76. The molecule has 0 radical (unpaired) electrons. The molecule has 1 N–H and O–H groups in total. The summed E-state index contributed by atoms with van der Waals surface area (Å²) in [5, 5.41) is 9.64. The van der Waals surface area contributed by atoms with Gasteiger partial charge in [0.25, 0.3) is 0 Å². The number of ether oxygens (including phenoxy) is 2. The van der Waals surface area contributed by atoms with Crippen LogP contribution in [0.25, 0.3) is 0 Å². The third-order valence-electron chi connectivity index (χ3n) is 2.96. The third kappa shape index (κ3) is 4.22. The van der Waals surface area contributed by atoms with E-state index < -0.39 is 6.10 Å². The number of benzene rings is 2. The average molecular weight is 351 g/mol. The summed E-state index contributed by atoms with van der Waals surface area (Å²) < 4.78 is 12.4. The zero-order valence-electron chi connectivity index (χ0n) is 12.2. The van der Waals surface area contributed by atoms with Crippen molar-refractivity contribution in [3.63, 3.8) is 0 Å². The van der Waals surface area contributed by atoms with Gasteiger partial charge in [0.05, 0.1) is 12.7 Å². The van der Waals surface area contributed by atoms with Crippen LogP contribution in [0, 0.1) is 0 Å². The normalized spacial score (nSPS) is 12.0. The summed E-state index contributed by atoms with van der Waals surface area (Å²) in [7, 11) is 0. The van der Waals surface area contributed by atoms with Crippen LogP contribution in [0.4, 0.5) is 0 Å². The summed E-state index contributed by atoms with van der Waals surface area (Å²) in [6, 6.07) is 13.1.